The highest BCUT2D eigenvalue weighted by molar-refractivity contribution is 7.00. The van der Waals surface area contributed by atoms with Crippen LogP contribution in [0.3, 0.4) is 0 Å². The summed E-state index contributed by atoms with van der Waals surface area (Å²) in [5.41, 5.74) is 0. The van der Waals surface area contributed by atoms with Gasteiger partial charge in [-0.05, 0) is 49.2 Å². The third-order valence-corrected chi connectivity index (χ3v) is 16.8. The van der Waals surface area contributed by atoms with E-state index in [4.69, 9.17) is 8.85 Å². The fourth-order valence-corrected chi connectivity index (χ4v) is 16.1. The van der Waals surface area contributed by atoms with Gasteiger partial charge in [0, 0.05) is 5.22 Å². The highest BCUT2D eigenvalue weighted by atomic mass is 28.4. The van der Waals surface area contributed by atoms with E-state index in [2.05, 4.69) is 115 Å². The summed E-state index contributed by atoms with van der Waals surface area (Å²) in [6, 6.07) is 22.2. The molecule has 0 aromatic heterocycles. The van der Waals surface area contributed by atoms with Crippen molar-refractivity contribution in [3.63, 3.8) is 0 Å². The molecule has 0 saturated heterocycles. The van der Waals surface area contributed by atoms with Crippen LogP contribution in [-0.2, 0) is 8.85 Å². The quantitative estimate of drug-likeness (QED) is 0.383. The molecule has 31 heavy (non-hydrogen) atoms. The van der Waals surface area contributed by atoms with Crippen molar-refractivity contribution in [3.05, 3.63) is 60.7 Å². The van der Waals surface area contributed by atoms with Gasteiger partial charge in [-0.2, -0.15) is 0 Å². The summed E-state index contributed by atoms with van der Waals surface area (Å²) < 4.78 is 14.9. The zero-order valence-corrected chi connectivity index (χ0v) is 24.4. The number of hydrogen-bond acceptors (Lipinski definition) is 2. The normalized spacial score (nSPS) is 13.2. The van der Waals surface area contributed by atoms with Crippen molar-refractivity contribution in [2.24, 2.45) is 0 Å². The first-order valence-electron chi connectivity index (χ1n) is 12.3. The van der Waals surface area contributed by atoms with Crippen molar-refractivity contribution in [1.29, 1.82) is 0 Å². The lowest BCUT2D eigenvalue weighted by atomic mass is 10.2. The minimum Gasteiger partial charge on any atom is -0.414 e. The molecule has 0 saturated carbocycles. The van der Waals surface area contributed by atoms with Crippen molar-refractivity contribution >= 4 is 36.5 Å². The average Bonchev–Trinajstić information content (AvgIpc) is 2.80. The summed E-state index contributed by atoms with van der Waals surface area (Å²) in [4.78, 5) is 0. The fraction of sp³-hybridized carbons (Fsp3) is 0.538. The van der Waals surface area contributed by atoms with Gasteiger partial charge in [0.05, 0.1) is 14.0 Å². The standard InChI is InChI=1S/C26H44O2Si3/c1-9-25(10-2,29(5)6)28-31(23-19-15-13-16-20-23,24-21-17-14-18-22-24)26(11-3,12-4)27-30(7)8/h13-22,29-30H,9-12H2,1-8H3. The molecule has 0 atom stereocenters. The van der Waals surface area contributed by atoms with Gasteiger partial charge in [0.15, 0.2) is 9.04 Å². The van der Waals surface area contributed by atoms with Crippen LogP contribution in [-0.4, -0.2) is 36.6 Å². The predicted molar refractivity (Wildman–Crippen MR) is 144 cm³/mol. The summed E-state index contributed by atoms with van der Waals surface area (Å²) in [6.45, 7) is 18.8. The summed E-state index contributed by atoms with van der Waals surface area (Å²) >= 11 is 0. The fourth-order valence-electron chi connectivity index (χ4n) is 5.33. The van der Waals surface area contributed by atoms with E-state index in [1.54, 1.807) is 0 Å². The lowest BCUT2D eigenvalue weighted by Gasteiger charge is -2.54. The van der Waals surface area contributed by atoms with Crippen molar-refractivity contribution in [3.8, 4) is 0 Å². The predicted octanol–water partition coefficient (Wildman–Crippen LogP) is 5.45. The maximum absolute atomic E-state index is 7.80. The number of rotatable bonds is 12. The molecule has 2 nitrogen and oxygen atoms in total. The third-order valence-electron chi connectivity index (χ3n) is 7.21. The summed E-state index contributed by atoms with van der Waals surface area (Å²) in [5.74, 6) is 0. The Hall–Kier alpha value is -0.989. The van der Waals surface area contributed by atoms with Crippen LogP contribution in [0.5, 0.6) is 0 Å². The molecule has 0 aliphatic rings. The molecule has 0 N–H and O–H groups in total. The van der Waals surface area contributed by atoms with Crippen molar-refractivity contribution in [1.82, 2.24) is 0 Å². The molecule has 0 unspecified atom stereocenters. The van der Waals surface area contributed by atoms with Crippen molar-refractivity contribution in [2.75, 3.05) is 0 Å². The second kappa shape index (κ2) is 11.2. The zero-order valence-electron chi connectivity index (χ0n) is 21.1. The Bertz CT molecular complexity index is 730. The molecule has 5 heteroatoms. The second-order valence-corrected chi connectivity index (χ2v) is 18.6. The zero-order chi connectivity index (χ0) is 23.1. The van der Waals surface area contributed by atoms with E-state index in [-0.39, 0.29) is 10.4 Å². The molecular weight excluding hydrogens is 429 g/mol. The Labute approximate surface area is 195 Å². The van der Waals surface area contributed by atoms with Crippen LogP contribution in [0.25, 0.3) is 0 Å². The van der Waals surface area contributed by atoms with Crippen LogP contribution in [0.4, 0.5) is 0 Å². The van der Waals surface area contributed by atoms with Gasteiger partial charge in [-0.1, -0.05) is 101 Å². The summed E-state index contributed by atoms with van der Waals surface area (Å²) in [6.07, 6.45) is 4.05. The molecule has 0 aliphatic heterocycles. The van der Waals surface area contributed by atoms with E-state index in [0.29, 0.717) is 0 Å². The maximum atomic E-state index is 7.80. The molecule has 0 fully saturated rings. The van der Waals surface area contributed by atoms with Gasteiger partial charge >= 0.3 is 0 Å². The lowest BCUT2D eigenvalue weighted by Crippen LogP contribution is -2.79. The van der Waals surface area contributed by atoms with Crippen LogP contribution >= 0.6 is 0 Å². The van der Waals surface area contributed by atoms with Crippen LogP contribution in [0.2, 0.25) is 26.2 Å². The third kappa shape index (κ3) is 5.01. The SMILES string of the molecule is CCC(CC)(O[Si](c1ccccc1)(c1ccccc1)C(CC)(CC)O[SiH](C)C)[SiH](C)C. The van der Waals surface area contributed by atoms with Gasteiger partial charge in [-0.3, -0.25) is 0 Å². The smallest absolute Gasteiger partial charge is 0.286 e. The second-order valence-electron chi connectivity index (χ2n) is 9.31. The van der Waals surface area contributed by atoms with E-state index < -0.39 is 26.2 Å². The molecular formula is C26H44O2Si3. The Morgan fingerprint density at radius 1 is 0.677 bits per heavy atom. The molecule has 0 spiro atoms. The Balaban J connectivity index is 2.99. The van der Waals surface area contributed by atoms with Gasteiger partial charge in [-0.15, -0.1) is 0 Å². The van der Waals surface area contributed by atoms with E-state index in [1.165, 1.54) is 10.4 Å². The lowest BCUT2D eigenvalue weighted by molar-refractivity contribution is 0.0664. The molecule has 2 aromatic carbocycles. The largest absolute Gasteiger partial charge is 0.414 e. The van der Waals surface area contributed by atoms with E-state index in [1.807, 2.05) is 0 Å². The number of hydrogen-bond donors (Lipinski definition) is 0. The minimum absolute atomic E-state index is 0.0462. The first kappa shape index (κ1) is 26.3. The highest BCUT2D eigenvalue weighted by Crippen LogP contribution is 2.39. The summed E-state index contributed by atoms with van der Waals surface area (Å²) in [7, 11) is -5.23. The number of benzene rings is 2. The Morgan fingerprint density at radius 2 is 1.10 bits per heavy atom. The molecule has 172 valence electrons. The minimum atomic E-state index is -2.78. The van der Waals surface area contributed by atoms with Crippen molar-refractivity contribution < 1.29 is 8.85 Å². The first-order chi connectivity index (χ1) is 14.8. The maximum Gasteiger partial charge on any atom is 0.286 e. The highest BCUT2D eigenvalue weighted by Gasteiger charge is 2.60. The molecule has 0 bridgehead atoms. The van der Waals surface area contributed by atoms with Gasteiger partial charge < -0.3 is 8.85 Å². The van der Waals surface area contributed by atoms with Gasteiger partial charge in [-0.25, -0.2) is 0 Å². The monoisotopic (exact) mass is 472 g/mol. The Kier molecular flexibility index (Phi) is 9.52. The van der Waals surface area contributed by atoms with Gasteiger partial charge in [0.1, 0.15) is 0 Å². The van der Waals surface area contributed by atoms with Crippen LogP contribution in [0.1, 0.15) is 53.4 Å². The first-order valence-corrected chi connectivity index (χ1v) is 19.8. The van der Waals surface area contributed by atoms with E-state index in [9.17, 15) is 0 Å². The molecule has 0 heterocycles. The van der Waals surface area contributed by atoms with Crippen LogP contribution in [0.15, 0.2) is 60.7 Å². The van der Waals surface area contributed by atoms with Gasteiger partial charge in [0.2, 0.25) is 0 Å². The van der Waals surface area contributed by atoms with E-state index >= 15 is 0 Å². The molecule has 0 amide bonds. The van der Waals surface area contributed by atoms with Crippen LogP contribution < -0.4 is 10.4 Å². The molecule has 2 rings (SSSR count). The molecule has 0 radical (unpaired) electrons. The average molecular weight is 473 g/mol. The molecule has 2 aromatic rings. The summed E-state index contributed by atoms with van der Waals surface area (Å²) in [5, 5.41) is 2.37. The van der Waals surface area contributed by atoms with E-state index in [0.717, 1.165) is 25.7 Å². The van der Waals surface area contributed by atoms with Gasteiger partial charge in [0.25, 0.3) is 8.32 Å². The Morgan fingerprint density at radius 3 is 1.39 bits per heavy atom. The molecule has 0 aliphatic carbocycles. The van der Waals surface area contributed by atoms with Crippen molar-refractivity contribution in [2.45, 2.75) is 90.0 Å². The topological polar surface area (TPSA) is 18.5 Å². The van der Waals surface area contributed by atoms with Crippen LogP contribution in [0, 0.1) is 0 Å².